The highest BCUT2D eigenvalue weighted by Gasteiger charge is 2.17. The van der Waals surface area contributed by atoms with Gasteiger partial charge in [-0.3, -0.25) is 9.59 Å². The Morgan fingerprint density at radius 3 is 2.39 bits per heavy atom. The summed E-state index contributed by atoms with van der Waals surface area (Å²) in [6.07, 6.45) is 0. The number of hydrogen-bond donors (Lipinski definition) is 1. The molecule has 33 heavy (non-hydrogen) atoms. The number of nitrogens with zero attached hydrogens (tertiary/aromatic N) is 2. The highest BCUT2D eigenvalue weighted by Crippen LogP contribution is 2.26. The molecular weight excluding hydrogens is 424 g/mol. The van der Waals surface area contributed by atoms with E-state index < -0.39 is 17.2 Å². The van der Waals surface area contributed by atoms with Gasteiger partial charge >= 0.3 is 0 Å². The predicted octanol–water partition coefficient (Wildman–Crippen LogP) is 4.84. The minimum atomic E-state index is -1.02. The standard InChI is InChI=1S/C26H23F2N3O2/c1-15-8-9-18(12-16(15)2)17(3)29-24(32)14-31-26(33)21-7-5-4-6-20(21)25(30-31)19-10-11-22(27)23(28)13-19/h4-13,17H,14H2,1-3H3,(H,29,32). The summed E-state index contributed by atoms with van der Waals surface area (Å²) in [7, 11) is 0. The minimum Gasteiger partial charge on any atom is -0.348 e. The third kappa shape index (κ3) is 4.53. The van der Waals surface area contributed by atoms with Crippen LogP contribution in [0.3, 0.4) is 0 Å². The van der Waals surface area contributed by atoms with Gasteiger partial charge in [0, 0.05) is 10.9 Å². The Morgan fingerprint density at radius 2 is 1.70 bits per heavy atom. The van der Waals surface area contributed by atoms with Crippen LogP contribution < -0.4 is 10.9 Å². The molecule has 1 unspecified atom stereocenters. The number of carbonyl (C=O) groups is 1. The summed E-state index contributed by atoms with van der Waals surface area (Å²) in [5.74, 6) is -2.38. The number of carbonyl (C=O) groups excluding carboxylic acids is 1. The van der Waals surface area contributed by atoms with Gasteiger partial charge in [-0.05, 0) is 61.7 Å². The van der Waals surface area contributed by atoms with Crippen molar-refractivity contribution in [3.05, 3.63) is 99.3 Å². The van der Waals surface area contributed by atoms with Gasteiger partial charge in [-0.1, -0.05) is 36.4 Å². The van der Waals surface area contributed by atoms with Crippen molar-refractivity contribution < 1.29 is 13.6 Å². The number of halogens is 2. The second-order valence-corrected chi connectivity index (χ2v) is 8.12. The topological polar surface area (TPSA) is 64.0 Å². The van der Waals surface area contributed by atoms with Crippen LogP contribution in [0.1, 0.15) is 29.7 Å². The van der Waals surface area contributed by atoms with E-state index in [1.807, 2.05) is 39.0 Å². The molecule has 0 aliphatic heterocycles. The smallest absolute Gasteiger partial charge is 0.275 e. The molecule has 0 spiro atoms. The minimum absolute atomic E-state index is 0.265. The summed E-state index contributed by atoms with van der Waals surface area (Å²) >= 11 is 0. The van der Waals surface area contributed by atoms with Crippen molar-refractivity contribution in [2.24, 2.45) is 0 Å². The van der Waals surface area contributed by atoms with E-state index in [9.17, 15) is 18.4 Å². The van der Waals surface area contributed by atoms with Crippen molar-refractivity contribution in [3.63, 3.8) is 0 Å². The molecule has 3 aromatic carbocycles. The van der Waals surface area contributed by atoms with Gasteiger partial charge in [0.1, 0.15) is 6.54 Å². The van der Waals surface area contributed by atoms with Crippen LogP contribution in [0.15, 0.2) is 65.5 Å². The van der Waals surface area contributed by atoms with Crippen molar-refractivity contribution >= 4 is 16.7 Å². The average molecular weight is 447 g/mol. The Hall–Kier alpha value is -3.87. The Bertz CT molecular complexity index is 1430. The lowest BCUT2D eigenvalue weighted by Gasteiger charge is -2.17. The van der Waals surface area contributed by atoms with Gasteiger partial charge in [0.25, 0.3) is 5.56 Å². The Labute approximate surface area is 189 Å². The highest BCUT2D eigenvalue weighted by molar-refractivity contribution is 5.93. The molecule has 5 nitrogen and oxygen atoms in total. The number of benzene rings is 3. The summed E-state index contributed by atoms with van der Waals surface area (Å²) in [6, 6.07) is 15.9. The number of aromatic nitrogens is 2. The van der Waals surface area contributed by atoms with Gasteiger partial charge in [0.15, 0.2) is 11.6 Å². The van der Waals surface area contributed by atoms with Crippen molar-refractivity contribution in [2.75, 3.05) is 0 Å². The van der Waals surface area contributed by atoms with Crippen LogP contribution >= 0.6 is 0 Å². The lowest BCUT2D eigenvalue weighted by atomic mass is 10.0. The lowest BCUT2D eigenvalue weighted by molar-refractivity contribution is -0.122. The van der Waals surface area contributed by atoms with E-state index in [1.165, 1.54) is 6.07 Å². The molecule has 1 aromatic heterocycles. The van der Waals surface area contributed by atoms with E-state index in [4.69, 9.17) is 0 Å². The van der Waals surface area contributed by atoms with E-state index in [2.05, 4.69) is 10.4 Å². The number of fused-ring (bicyclic) bond motifs is 1. The monoisotopic (exact) mass is 447 g/mol. The first kappa shape index (κ1) is 22.3. The molecule has 1 atom stereocenters. The first-order chi connectivity index (χ1) is 15.7. The molecule has 1 N–H and O–H groups in total. The van der Waals surface area contributed by atoms with Crippen LogP contribution in [0.5, 0.6) is 0 Å². The molecule has 1 heterocycles. The molecular formula is C26H23F2N3O2. The second-order valence-electron chi connectivity index (χ2n) is 8.12. The second kappa shape index (κ2) is 8.94. The van der Waals surface area contributed by atoms with Crippen LogP contribution in [0.4, 0.5) is 8.78 Å². The fraction of sp³-hybridized carbons (Fsp3) is 0.192. The van der Waals surface area contributed by atoms with Gasteiger partial charge < -0.3 is 5.32 Å². The van der Waals surface area contributed by atoms with E-state index in [0.29, 0.717) is 22.0 Å². The molecule has 168 valence electrons. The zero-order chi connectivity index (χ0) is 23.7. The molecule has 7 heteroatoms. The number of rotatable bonds is 5. The van der Waals surface area contributed by atoms with Gasteiger partial charge in [-0.2, -0.15) is 5.10 Å². The van der Waals surface area contributed by atoms with Crippen LogP contribution in [0.25, 0.3) is 22.0 Å². The third-order valence-electron chi connectivity index (χ3n) is 5.76. The maximum atomic E-state index is 13.9. The first-order valence-electron chi connectivity index (χ1n) is 10.6. The molecule has 0 fully saturated rings. The molecule has 0 radical (unpaired) electrons. The fourth-order valence-electron chi connectivity index (χ4n) is 3.74. The summed E-state index contributed by atoms with van der Waals surface area (Å²) in [5.41, 5.74) is 3.40. The van der Waals surface area contributed by atoms with Crippen LogP contribution in [-0.4, -0.2) is 15.7 Å². The van der Waals surface area contributed by atoms with Crippen molar-refractivity contribution in [1.82, 2.24) is 15.1 Å². The average Bonchev–Trinajstić information content (AvgIpc) is 2.79. The highest BCUT2D eigenvalue weighted by atomic mass is 19.2. The molecule has 0 saturated carbocycles. The molecule has 0 bridgehead atoms. The number of aryl methyl sites for hydroxylation is 2. The van der Waals surface area contributed by atoms with Gasteiger partial charge in [-0.15, -0.1) is 0 Å². The van der Waals surface area contributed by atoms with Crippen LogP contribution in [0, 0.1) is 25.5 Å². The maximum absolute atomic E-state index is 13.9. The summed E-state index contributed by atoms with van der Waals surface area (Å²) in [4.78, 5) is 25.8. The lowest BCUT2D eigenvalue weighted by Crippen LogP contribution is -2.35. The van der Waals surface area contributed by atoms with E-state index in [0.717, 1.165) is 33.5 Å². The summed E-state index contributed by atoms with van der Waals surface area (Å²) in [6.45, 7) is 5.58. The molecule has 1 amide bonds. The molecule has 4 aromatic rings. The van der Waals surface area contributed by atoms with Gasteiger partial charge in [0.2, 0.25) is 5.91 Å². The number of hydrogen-bond acceptors (Lipinski definition) is 3. The van der Waals surface area contributed by atoms with Crippen molar-refractivity contribution in [1.29, 1.82) is 0 Å². The summed E-state index contributed by atoms with van der Waals surface area (Å²) in [5, 5.41) is 8.07. The number of amides is 1. The Balaban J connectivity index is 1.68. The van der Waals surface area contributed by atoms with Gasteiger partial charge in [0.05, 0.1) is 17.1 Å². The summed E-state index contributed by atoms with van der Waals surface area (Å²) < 4.78 is 28.4. The van der Waals surface area contributed by atoms with Crippen LogP contribution in [-0.2, 0) is 11.3 Å². The van der Waals surface area contributed by atoms with Crippen molar-refractivity contribution in [2.45, 2.75) is 33.4 Å². The van der Waals surface area contributed by atoms with Crippen molar-refractivity contribution in [3.8, 4) is 11.3 Å². The SMILES string of the molecule is Cc1ccc(C(C)NC(=O)Cn2nc(-c3ccc(F)c(F)c3)c3ccccc3c2=O)cc1C. The van der Waals surface area contributed by atoms with E-state index in [-0.39, 0.29) is 18.5 Å². The Kier molecular flexibility index (Phi) is 6.05. The fourth-order valence-corrected chi connectivity index (χ4v) is 3.74. The van der Waals surface area contributed by atoms with E-state index in [1.54, 1.807) is 24.3 Å². The van der Waals surface area contributed by atoms with E-state index >= 15 is 0 Å². The third-order valence-corrected chi connectivity index (χ3v) is 5.76. The number of nitrogens with one attached hydrogen (secondary N) is 1. The van der Waals surface area contributed by atoms with Crippen LogP contribution in [0.2, 0.25) is 0 Å². The first-order valence-corrected chi connectivity index (χ1v) is 10.6. The normalized spacial score (nSPS) is 12.0. The zero-order valence-corrected chi connectivity index (χ0v) is 18.5. The molecule has 4 rings (SSSR count). The molecule has 0 saturated heterocycles. The Morgan fingerprint density at radius 1 is 0.970 bits per heavy atom. The molecule has 0 aliphatic carbocycles. The quantitative estimate of drug-likeness (QED) is 0.476. The molecule has 0 aliphatic rings. The maximum Gasteiger partial charge on any atom is 0.275 e. The largest absolute Gasteiger partial charge is 0.348 e. The predicted molar refractivity (Wildman–Crippen MR) is 124 cm³/mol. The zero-order valence-electron chi connectivity index (χ0n) is 18.5. The van der Waals surface area contributed by atoms with Gasteiger partial charge in [-0.25, -0.2) is 13.5 Å².